The van der Waals surface area contributed by atoms with E-state index in [4.69, 9.17) is 10.2 Å². The number of carboxylic acids is 1. The molecule has 0 saturated carbocycles. The van der Waals surface area contributed by atoms with Gasteiger partial charge in [-0.2, -0.15) is 0 Å². The molecule has 0 spiro atoms. The summed E-state index contributed by atoms with van der Waals surface area (Å²) in [7, 11) is 0. The molecule has 3 N–H and O–H groups in total. The summed E-state index contributed by atoms with van der Waals surface area (Å²) in [6.45, 7) is 4.07. The Labute approximate surface area is 118 Å². The molecule has 0 radical (unpaired) electrons. The first-order valence-electron chi connectivity index (χ1n) is 6.63. The minimum atomic E-state index is -0.936. The summed E-state index contributed by atoms with van der Waals surface area (Å²) in [5.41, 5.74) is 2.69. The van der Waals surface area contributed by atoms with Crippen molar-refractivity contribution in [3.05, 3.63) is 34.9 Å². The van der Waals surface area contributed by atoms with Gasteiger partial charge in [-0.05, 0) is 37.5 Å². The van der Waals surface area contributed by atoms with E-state index in [1.165, 1.54) is 0 Å². The maximum Gasteiger partial charge on any atom is 0.303 e. The van der Waals surface area contributed by atoms with Crippen molar-refractivity contribution in [2.75, 3.05) is 13.2 Å². The van der Waals surface area contributed by atoms with Crippen LogP contribution in [0.2, 0.25) is 0 Å². The Kier molecular flexibility index (Phi) is 6.35. The number of carboxylic acid groups (broad SMARTS) is 1. The van der Waals surface area contributed by atoms with E-state index in [1.807, 2.05) is 26.0 Å². The van der Waals surface area contributed by atoms with Crippen LogP contribution in [0.15, 0.2) is 18.2 Å². The normalized spacial score (nSPS) is 12.2. The molecule has 0 heterocycles. The fourth-order valence-electron chi connectivity index (χ4n) is 1.93. The predicted molar refractivity (Wildman–Crippen MR) is 76.0 cm³/mol. The molecule has 0 aromatic heterocycles. The zero-order valence-electron chi connectivity index (χ0n) is 11.8. The number of ketones is 1. The summed E-state index contributed by atoms with van der Waals surface area (Å²) < 4.78 is 0. The average molecular weight is 279 g/mol. The number of aliphatic hydroxyl groups excluding tert-OH is 1. The van der Waals surface area contributed by atoms with E-state index < -0.39 is 12.0 Å². The van der Waals surface area contributed by atoms with Gasteiger partial charge in [-0.25, -0.2) is 0 Å². The zero-order chi connectivity index (χ0) is 15.1. The van der Waals surface area contributed by atoms with Gasteiger partial charge in [0.05, 0.1) is 12.6 Å². The first-order chi connectivity index (χ1) is 9.45. The lowest BCUT2D eigenvalue weighted by atomic mass is 9.97. The molecular weight excluding hydrogens is 258 g/mol. The summed E-state index contributed by atoms with van der Waals surface area (Å²) in [5.74, 6) is -1.07. The topological polar surface area (TPSA) is 86.6 Å². The molecule has 0 amide bonds. The Morgan fingerprint density at radius 2 is 1.95 bits per heavy atom. The number of carbonyl (C=O) groups is 2. The highest BCUT2D eigenvalue weighted by atomic mass is 16.4. The molecular formula is C15H21NO4. The lowest BCUT2D eigenvalue weighted by molar-refractivity contribution is -0.137. The van der Waals surface area contributed by atoms with E-state index in [2.05, 4.69) is 5.32 Å². The number of benzene rings is 1. The van der Waals surface area contributed by atoms with Gasteiger partial charge in [-0.15, -0.1) is 0 Å². The van der Waals surface area contributed by atoms with E-state index in [1.54, 1.807) is 6.07 Å². The lowest BCUT2D eigenvalue weighted by Gasteiger charge is -2.17. The van der Waals surface area contributed by atoms with Crippen LogP contribution in [0, 0.1) is 13.8 Å². The highest BCUT2D eigenvalue weighted by Gasteiger charge is 2.20. The number of carbonyl (C=O) groups excluding carboxylic acids is 1. The number of Topliss-reactive ketones (excluding diaryl/α,β-unsaturated/α-hetero) is 1. The zero-order valence-corrected chi connectivity index (χ0v) is 11.8. The van der Waals surface area contributed by atoms with Crippen LogP contribution in [0.1, 0.15) is 34.3 Å². The Morgan fingerprint density at radius 3 is 2.50 bits per heavy atom. The predicted octanol–water partition coefficient (Wildman–Crippen LogP) is 1.30. The smallest absolute Gasteiger partial charge is 0.303 e. The van der Waals surface area contributed by atoms with Crippen molar-refractivity contribution in [2.45, 2.75) is 32.7 Å². The van der Waals surface area contributed by atoms with Crippen molar-refractivity contribution in [1.29, 1.82) is 0 Å². The number of hydrogen-bond acceptors (Lipinski definition) is 4. The minimum Gasteiger partial charge on any atom is -0.481 e. The van der Waals surface area contributed by atoms with Gasteiger partial charge in [0.15, 0.2) is 5.78 Å². The minimum absolute atomic E-state index is 0.0837. The third-order valence-electron chi connectivity index (χ3n) is 3.26. The highest BCUT2D eigenvalue weighted by Crippen LogP contribution is 2.13. The van der Waals surface area contributed by atoms with Gasteiger partial charge in [-0.3, -0.25) is 9.59 Å². The van der Waals surface area contributed by atoms with Crippen LogP contribution in [0.5, 0.6) is 0 Å². The van der Waals surface area contributed by atoms with Crippen LogP contribution in [-0.2, 0) is 4.79 Å². The Bertz CT molecular complexity index is 485. The monoisotopic (exact) mass is 279 g/mol. The fraction of sp³-hybridized carbons (Fsp3) is 0.467. The van der Waals surface area contributed by atoms with Crippen molar-refractivity contribution in [3.63, 3.8) is 0 Å². The molecule has 0 aliphatic carbocycles. The van der Waals surface area contributed by atoms with Crippen LogP contribution in [0.3, 0.4) is 0 Å². The second-order valence-electron chi connectivity index (χ2n) is 4.83. The second kappa shape index (κ2) is 7.77. The summed E-state index contributed by atoms with van der Waals surface area (Å²) in [6, 6.07) is 4.86. The van der Waals surface area contributed by atoms with Crippen LogP contribution in [0.25, 0.3) is 0 Å². The second-order valence-corrected chi connectivity index (χ2v) is 4.83. The number of hydrogen-bond donors (Lipinski definition) is 3. The maximum atomic E-state index is 12.4. The van der Waals surface area contributed by atoms with Gasteiger partial charge in [0.2, 0.25) is 0 Å². The first-order valence-corrected chi connectivity index (χ1v) is 6.63. The van der Waals surface area contributed by atoms with Crippen LogP contribution in [0.4, 0.5) is 0 Å². The first kappa shape index (κ1) is 16.3. The molecule has 5 heteroatoms. The Hall–Kier alpha value is -1.72. The van der Waals surface area contributed by atoms with Gasteiger partial charge in [-0.1, -0.05) is 12.1 Å². The summed E-state index contributed by atoms with van der Waals surface area (Å²) in [4.78, 5) is 23.0. The largest absolute Gasteiger partial charge is 0.481 e. The molecule has 1 aromatic rings. The molecule has 1 atom stereocenters. The summed E-state index contributed by atoms with van der Waals surface area (Å²) in [6.07, 6.45) is 0.126. The van der Waals surface area contributed by atoms with Gasteiger partial charge >= 0.3 is 5.97 Å². The number of nitrogens with one attached hydrogen (secondary N) is 1. The molecule has 0 bridgehead atoms. The highest BCUT2D eigenvalue weighted by molar-refractivity contribution is 6.00. The van der Waals surface area contributed by atoms with Crippen molar-refractivity contribution >= 4 is 11.8 Å². The molecule has 110 valence electrons. The third-order valence-corrected chi connectivity index (χ3v) is 3.26. The molecule has 5 nitrogen and oxygen atoms in total. The van der Waals surface area contributed by atoms with E-state index in [9.17, 15) is 9.59 Å². The fourth-order valence-corrected chi connectivity index (χ4v) is 1.93. The Balaban J connectivity index is 2.84. The average Bonchev–Trinajstić information content (AvgIpc) is 2.41. The van der Waals surface area contributed by atoms with E-state index in [-0.39, 0.29) is 31.8 Å². The van der Waals surface area contributed by atoms with E-state index >= 15 is 0 Å². The lowest BCUT2D eigenvalue weighted by Crippen LogP contribution is -2.38. The van der Waals surface area contributed by atoms with Crippen LogP contribution in [-0.4, -0.2) is 41.2 Å². The molecule has 0 fully saturated rings. The maximum absolute atomic E-state index is 12.4. The van der Waals surface area contributed by atoms with Crippen LogP contribution >= 0.6 is 0 Å². The van der Waals surface area contributed by atoms with Gasteiger partial charge in [0, 0.05) is 18.5 Å². The van der Waals surface area contributed by atoms with Gasteiger partial charge in [0.25, 0.3) is 0 Å². The quantitative estimate of drug-likeness (QED) is 0.624. The van der Waals surface area contributed by atoms with E-state index in [0.29, 0.717) is 5.56 Å². The van der Waals surface area contributed by atoms with Crippen molar-refractivity contribution in [3.8, 4) is 0 Å². The SMILES string of the molecule is Cc1ccc(C(=O)C(CCC(=O)O)NCCO)cc1C. The van der Waals surface area contributed by atoms with Gasteiger partial charge in [0.1, 0.15) is 0 Å². The molecule has 20 heavy (non-hydrogen) atoms. The van der Waals surface area contributed by atoms with E-state index in [0.717, 1.165) is 11.1 Å². The molecule has 1 unspecified atom stereocenters. The summed E-state index contributed by atoms with van der Waals surface area (Å²) in [5, 5.41) is 20.5. The van der Waals surface area contributed by atoms with Crippen molar-refractivity contribution in [1.82, 2.24) is 5.32 Å². The van der Waals surface area contributed by atoms with Crippen LogP contribution < -0.4 is 5.32 Å². The Morgan fingerprint density at radius 1 is 1.25 bits per heavy atom. The number of rotatable bonds is 8. The number of aryl methyl sites for hydroxylation is 2. The number of aliphatic hydroxyl groups is 1. The molecule has 0 aliphatic heterocycles. The summed E-state index contributed by atoms with van der Waals surface area (Å²) >= 11 is 0. The van der Waals surface area contributed by atoms with Gasteiger partial charge < -0.3 is 15.5 Å². The molecule has 1 rings (SSSR count). The van der Waals surface area contributed by atoms with Crippen molar-refractivity contribution < 1.29 is 19.8 Å². The molecule has 1 aromatic carbocycles. The third kappa shape index (κ3) is 4.75. The number of aliphatic carboxylic acids is 1. The molecule has 0 aliphatic rings. The standard InChI is InChI=1S/C15H21NO4/c1-10-3-4-12(9-11(10)2)15(20)13(16-7-8-17)5-6-14(18)19/h3-4,9,13,16-17H,5-8H2,1-2H3,(H,18,19). The molecule has 0 saturated heterocycles. The van der Waals surface area contributed by atoms with Crippen molar-refractivity contribution in [2.24, 2.45) is 0 Å².